The molecule has 2 atom stereocenters. The lowest BCUT2D eigenvalue weighted by Crippen LogP contribution is -2.52. The molecule has 3 amide bonds. The quantitative estimate of drug-likeness (QED) is 0.558. The van der Waals surface area contributed by atoms with Crippen molar-refractivity contribution in [1.82, 2.24) is 20.1 Å². The van der Waals surface area contributed by atoms with Gasteiger partial charge in [-0.05, 0) is 61.3 Å². The minimum absolute atomic E-state index is 0.167. The SMILES string of the molecule is C[C@@H](c1ccccc1)N(C)Cc1ccnc(-c2ccc3c(c2)CN(C2CCC(=O)NC2=O)C3=O)c1. The predicted molar refractivity (Wildman–Crippen MR) is 132 cm³/mol. The van der Waals surface area contributed by atoms with Crippen LogP contribution in [0.2, 0.25) is 0 Å². The molecule has 1 unspecified atom stereocenters. The fourth-order valence-electron chi connectivity index (χ4n) is 4.88. The number of imide groups is 1. The molecule has 2 aromatic carbocycles. The summed E-state index contributed by atoms with van der Waals surface area (Å²) in [6, 6.07) is 19.9. The van der Waals surface area contributed by atoms with E-state index in [1.165, 1.54) is 5.56 Å². The summed E-state index contributed by atoms with van der Waals surface area (Å²) in [5, 5.41) is 2.35. The second kappa shape index (κ2) is 9.43. The van der Waals surface area contributed by atoms with Gasteiger partial charge in [-0.2, -0.15) is 0 Å². The van der Waals surface area contributed by atoms with Crippen molar-refractivity contribution in [3.05, 3.63) is 89.1 Å². The van der Waals surface area contributed by atoms with Crippen molar-refractivity contribution < 1.29 is 14.4 Å². The van der Waals surface area contributed by atoms with Crippen LogP contribution in [0.1, 0.15) is 52.9 Å². The van der Waals surface area contributed by atoms with Gasteiger partial charge in [0, 0.05) is 42.9 Å². The molecule has 0 radical (unpaired) electrons. The molecule has 178 valence electrons. The molecule has 0 bridgehead atoms. The number of pyridine rings is 1. The molecule has 1 fully saturated rings. The van der Waals surface area contributed by atoms with Gasteiger partial charge in [-0.15, -0.1) is 0 Å². The van der Waals surface area contributed by atoms with Gasteiger partial charge in [0.25, 0.3) is 5.91 Å². The van der Waals surface area contributed by atoms with Gasteiger partial charge in [-0.25, -0.2) is 0 Å². The van der Waals surface area contributed by atoms with Crippen molar-refractivity contribution in [2.75, 3.05) is 7.05 Å². The molecular formula is C28H28N4O3. The molecule has 0 aliphatic carbocycles. The summed E-state index contributed by atoms with van der Waals surface area (Å²) in [7, 11) is 2.11. The predicted octanol–water partition coefficient (Wildman–Crippen LogP) is 3.70. The molecule has 1 saturated heterocycles. The van der Waals surface area contributed by atoms with Gasteiger partial charge in [0.15, 0.2) is 0 Å². The van der Waals surface area contributed by atoms with Crippen molar-refractivity contribution in [3.8, 4) is 11.3 Å². The van der Waals surface area contributed by atoms with Gasteiger partial charge in [0.1, 0.15) is 6.04 Å². The largest absolute Gasteiger partial charge is 0.322 e. The Labute approximate surface area is 204 Å². The van der Waals surface area contributed by atoms with Crippen LogP contribution in [0.25, 0.3) is 11.3 Å². The van der Waals surface area contributed by atoms with E-state index in [1.54, 1.807) is 4.90 Å². The number of piperidine rings is 1. The topological polar surface area (TPSA) is 82.6 Å². The van der Waals surface area contributed by atoms with E-state index in [4.69, 9.17) is 0 Å². The maximum absolute atomic E-state index is 13.0. The Bertz CT molecular complexity index is 1290. The molecule has 1 N–H and O–H groups in total. The van der Waals surface area contributed by atoms with Crippen molar-refractivity contribution in [3.63, 3.8) is 0 Å². The third-order valence-corrected chi connectivity index (χ3v) is 7.02. The van der Waals surface area contributed by atoms with Crippen LogP contribution in [-0.2, 0) is 22.7 Å². The zero-order valence-electron chi connectivity index (χ0n) is 19.9. The van der Waals surface area contributed by atoms with E-state index < -0.39 is 11.9 Å². The van der Waals surface area contributed by atoms with E-state index in [1.807, 2.05) is 36.5 Å². The minimum Gasteiger partial charge on any atom is -0.322 e. The van der Waals surface area contributed by atoms with Crippen molar-refractivity contribution in [1.29, 1.82) is 0 Å². The van der Waals surface area contributed by atoms with Crippen LogP contribution in [0.4, 0.5) is 0 Å². The number of fused-ring (bicyclic) bond motifs is 1. The molecule has 0 saturated carbocycles. The molecule has 0 spiro atoms. The Morgan fingerprint density at radius 2 is 1.89 bits per heavy atom. The molecule has 1 aromatic heterocycles. The van der Waals surface area contributed by atoms with Crippen molar-refractivity contribution >= 4 is 17.7 Å². The van der Waals surface area contributed by atoms with Crippen LogP contribution in [0.5, 0.6) is 0 Å². The number of carbonyl (C=O) groups excluding carboxylic acids is 3. The summed E-state index contributed by atoms with van der Waals surface area (Å²) in [5.41, 5.74) is 5.68. The lowest BCUT2D eigenvalue weighted by Gasteiger charge is -2.29. The number of benzene rings is 2. The van der Waals surface area contributed by atoms with Crippen LogP contribution in [0, 0.1) is 0 Å². The number of nitrogens with one attached hydrogen (secondary N) is 1. The van der Waals surface area contributed by atoms with Gasteiger partial charge in [0.2, 0.25) is 11.8 Å². The van der Waals surface area contributed by atoms with Crippen LogP contribution in [0.3, 0.4) is 0 Å². The smallest absolute Gasteiger partial charge is 0.255 e. The molecule has 2 aliphatic rings. The highest BCUT2D eigenvalue weighted by molar-refractivity contribution is 6.05. The number of amides is 3. The molecule has 3 heterocycles. The Hall–Kier alpha value is -3.84. The molecule has 5 rings (SSSR count). The average Bonchev–Trinajstić information content (AvgIpc) is 3.19. The van der Waals surface area contributed by atoms with Crippen molar-refractivity contribution in [2.45, 2.75) is 44.9 Å². The number of nitrogens with zero attached hydrogens (tertiary/aromatic N) is 3. The highest BCUT2D eigenvalue weighted by atomic mass is 16.2. The first kappa shape index (κ1) is 22.9. The zero-order valence-corrected chi connectivity index (χ0v) is 19.9. The van der Waals surface area contributed by atoms with E-state index in [2.05, 4.69) is 59.5 Å². The lowest BCUT2D eigenvalue weighted by molar-refractivity contribution is -0.136. The third-order valence-electron chi connectivity index (χ3n) is 7.02. The van der Waals surface area contributed by atoms with Gasteiger partial charge >= 0.3 is 0 Å². The van der Waals surface area contributed by atoms with Crippen LogP contribution < -0.4 is 5.32 Å². The lowest BCUT2D eigenvalue weighted by atomic mass is 10.0. The molecule has 7 heteroatoms. The van der Waals surface area contributed by atoms with E-state index >= 15 is 0 Å². The Morgan fingerprint density at radius 1 is 1.09 bits per heavy atom. The van der Waals surface area contributed by atoms with Crippen LogP contribution >= 0.6 is 0 Å². The fourth-order valence-corrected chi connectivity index (χ4v) is 4.88. The first-order valence-electron chi connectivity index (χ1n) is 11.9. The highest BCUT2D eigenvalue weighted by Gasteiger charge is 2.39. The molecule has 7 nitrogen and oxygen atoms in total. The van der Waals surface area contributed by atoms with Crippen LogP contribution in [0.15, 0.2) is 66.9 Å². The van der Waals surface area contributed by atoms with E-state index in [-0.39, 0.29) is 24.3 Å². The highest BCUT2D eigenvalue weighted by Crippen LogP contribution is 2.31. The number of carbonyl (C=O) groups is 3. The summed E-state index contributed by atoms with van der Waals surface area (Å²) in [6.45, 7) is 3.33. The number of rotatable bonds is 6. The normalized spacial score (nSPS) is 18.5. The van der Waals surface area contributed by atoms with Gasteiger partial charge in [-0.3, -0.25) is 29.6 Å². The minimum atomic E-state index is -0.611. The maximum Gasteiger partial charge on any atom is 0.255 e. The maximum atomic E-state index is 13.0. The number of hydrogen-bond donors (Lipinski definition) is 1. The third kappa shape index (κ3) is 4.59. The summed E-state index contributed by atoms with van der Waals surface area (Å²) < 4.78 is 0. The van der Waals surface area contributed by atoms with E-state index in [0.717, 1.165) is 28.9 Å². The number of aromatic nitrogens is 1. The fraction of sp³-hybridized carbons (Fsp3) is 0.286. The summed E-state index contributed by atoms with van der Waals surface area (Å²) >= 11 is 0. The Kier molecular flexibility index (Phi) is 6.17. The van der Waals surface area contributed by atoms with E-state index in [0.29, 0.717) is 18.5 Å². The summed E-state index contributed by atoms with van der Waals surface area (Å²) in [4.78, 5) is 45.2. The monoisotopic (exact) mass is 468 g/mol. The number of hydrogen-bond acceptors (Lipinski definition) is 5. The van der Waals surface area contributed by atoms with Gasteiger partial charge in [-0.1, -0.05) is 36.4 Å². The standard InChI is InChI=1S/C28H28N4O3/c1-18(20-6-4-3-5-7-20)31(2)16-19-12-13-29-24(14-19)21-8-9-23-22(15-21)17-32(28(23)35)25-10-11-26(33)30-27(25)34/h3-9,12-15,18,25H,10-11,16-17H2,1-2H3,(H,30,33,34)/t18-,25?/m0/s1. The second-order valence-electron chi connectivity index (χ2n) is 9.32. The van der Waals surface area contributed by atoms with Crippen molar-refractivity contribution in [2.24, 2.45) is 0 Å². The second-order valence-corrected chi connectivity index (χ2v) is 9.32. The van der Waals surface area contributed by atoms with E-state index in [9.17, 15) is 14.4 Å². The Morgan fingerprint density at radius 3 is 2.66 bits per heavy atom. The first-order chi connectivity index (χ1) is 16.9. The Balaban J connectivity index is 1.33. The summed E-state index contributed by atoms with van der Waals surface area (Å²) in [6.07, 6.45) is 2.42. The van der Waals surface area contributed by atoms with Gasteiger partial charge < -0.3 is 4.90 Å². The average molecular weight is 469 g/mol. The molecular weight excluding hydrogens is 440 g/mol. The molecule has 3 aromatic rings. The molecule has 2 aliphatic heterocycles. The van der Waals surface area contributed by atoms with Gasteiger partial charge in [0.05, 0.1) is 5.69 Å². The first-order valence-corrected chi connectivity index (χ1v) is 11.9. The molecule has 35 heavy (non-hydrogen) atoms. The summed E-state index contributed by atoms with van der Waals surface area (Å²) in [5.74, 6) is -0.849. The zero-order chi connectivity index (χ0) is 24.5. The van der Waals surface area contributed by atoms with Crippen LogP contribution in [-0.4, -0.2) is 45.6 Å².